The van der Waals surface area contributed by atoms with Crippen molar-refractivity contribution in [2.24, 2.45) is 0 Å². The van der Waals surface area contributed by atoms with Gasteiger partial charge in [0.25, 0.3) is 0 Å². The molecule has 0 unspecified atom stereocenters. The lowest BCUT2D eigenvalue weighted by Crippen LogP contribution is -1.98. The van der Waals surface area contributed by atoms with Crippen LogP contribution in [-0.4, -0.2) is 16.1 Å². The Balaban J connectivity index is 2.22. The molecule has 0 saturated heterocycles. The molecular formula is C17H12F3NO2. The van der Waals surface area contributed by atoms with Crippen molar-refractivity contribution in [2.75, 3.05) is 0 Å². The van der Waals surface area contributed by atoms with E-state index >= 15 is 0 Å². The molecule has 2 aromatic carbocycles. The zero-order chi connectivity index (χ0) is 16.6. The molecule has 0 aliphatic rings. The molecule has 0 saturated carbocycles. The molecule has 3 aromatic rings. The highest BCUT2D eigenvalue weighted by molar-refractivity contribution is 5.91. The van der Waals surface area contributed by atoms with Crippen molar-refractivity contribution in [3.05, 3.63) is 59.4 Å². The first-order valence-corrected chi connectivity index (χ1v) is 6.93. The number of rotatable bonds is 4. The van der Waals surface area contributed by atoms with Gasteiger partial charge >= 0.3 is 5.97 Å². The summed E-state index contributed by atoms with van der Waals surface area (Å²) in [6, 6.07) is 7.42. The minimum absolute atomic E-state index is 0.102. The first-order chi connectivity index (χ1) is 11.0. The van der Waals surface area contributed by atoms with Gasteiger partial charge in [0.1, 0.15) is 17.5 Å². The summed E-state index contributed by atoms with van der Waals surface area (Å²) in [7, 11) is 0. The van der Waals surface area contributed by atoms with E-state index in [2.05, 4.69) is 4.98 Å². The summed E-state index contributed by atoms with van der Waals surface area (Å²) in [5.74, 6) is -2.93. The van der Waals surface area contributed by atoms with Crippen LogP contribution < -0.4 is 0 Å². The van der Waals surface area contributed by atoms with Crippen LogP contribution in [0.3, 0.4) is 0 Å². The molecule has 118 valence electrons. The summed E-state index contributed by atoms with van der Waals surface area (Å²) in [6.45, 7) is 0. The van der Waals surface area contributed by atoms with E-state index in [4.69, 9.17) is 5.11 Å². The summed E-state index contributed by atoms with van der Waals surface area (Å²) in [5.41, 5.74) is 1.63. The molecule has 2 N–H and O–H groups in total. The minimum Gasteiger partial charge on any atom is -0.481 e. The molecule has 0 radical (unpaired) electrons. The molecule has 23 heavy (non-hydrogen) atoms. The smallest absolute Gasteiger partial charge is 0.303 e. The highest BCUT2D eigenvalue weighted by atomic mass is 19.1. The van der Waals surface area contributed by atoms with E-state index in [-0.39, 0.29) is 18.4 Å². The van der Waals surface area contributed by atoms with E-state index in [0.29, 0.717) is 22.2 Å². The predicted molar refractivity (Wildman–Crippen MR) is 79.6 cm³/mol. The lowest BCUT2D eigenvalue weighted by atomic mass is 10.0. The van der Waals surface area contributed by atoms with Gasteiger partial charge in [-0.05, 0) is 47.9 Å². The van der Waals surface area contributed by atoms with Crippen LogP contribution in [0.4, 0.5) is 13.2 Å². The highest BCUT2D eigenvalue weighted by Crippen LogP contribution is 2.33. The zero-order valence-corrected chi connectivity index (χ0v) is 11.9. The second-order valence-corrected chi connectivity index (χ2v) is 5.19. The molecule has 1 heterocycles. The molecule has 0 atom stereocenters. The van der Waals surface area contributed by atoms with Crippen molar-refractivity contribution in [3.63, 3.8) is 0 Å². The number of fused-ring (bicyclic) bond motifs is 1. The Kier molecular flexibility index (Phi) is 3.82. The largest absolute Gasteiger partial charge is 0.481 e. The quantitative estimate of drug-likeness (QED) is 0.754. The number of carbonyl (C=O) groups is 1. The van der Waals surface area contributed by atoms with Crippen molar-refractivity contribution in [1.29, 1.82) is 0 Å². The monoisotopic (exact) mass is 319 g/mol. The number of aromatic nitrogens is 1. The van der Waals surface area contributed by atoms with Gasteiger partial charge in [0.05, 0.1) is 5.52 Å². The molecule has 0 aliphatic carbocycles. The Morgan fingerprint density at radius 3 is 2.39 bits per heavy atom. The van der Waals surface area contributed by atoms with E-state index in [1.807, 2.05) is 0 Å². The molecule has 3 nitrogen and oxygen atoms in total. The van der Waals surface area contributed by atoms with Crippen LogP contribution in [0.15, 0.2) is 36.4 Å². The molecular weight excluding hydrogens is 307 g/mol. The number of aryl methyl sites for hydroxylation is 1. The second-order valence-electron chi connectivity index (χ2n) is 5.19. The standard InChI is InChI=1S/C17H12F3NO2/c18-10-3-1-9(2-4-10)16-12(5-6-15(22)23)13-7-11(19)8-14(20)17(13)21-16/h1-4,7-8,21H,5-6H2,(H,22,23). The number of aliphatic carboxylic acids is 1. The highest BCUT2D eigenvalue weighted by Gasteiger charge is 2.17. The van der Waals surface area contributed by atoms with Gasteiger partial charge in [0.15, 0.2) is 0 Å². The van der Waals surface area contributed by atoms with Crippen molar-refractivity contribution in [2.45, 2.75) is 12.8 Å². The van der Waals surface area contributed by atoms with Crippen LogP contribution >= 0.6 is 0 Å². The third kappa shape index (κ3) is 2.92. The number of carboxylic acids is 1. The first kappa shape index (κ1) is 15.1. The van der Waals surface area contributed by atoms with Gasteiger partial charge in [-0.15, -0.1) is 0 Å². The Bertz CT molecular complexity index is 885. The van der Waals surface area contributed by atoms with Crippen LogP contribution in [0.2, 0.25) is 0 Å². The third-order valence-electron chi connectivity index (χ3n) is 3.65. The maximum atomic E-state index is 14.0. The number of hydrogen-bond donors (Lipinski definition) is 2. The maximum absolute atomic E-state index is 14.0. The van der Waals surface area contributed by atoms with E-state index in [9.17, 15) is 18.0 Å². The maximum Gasteiger partial charge on any atom is 0.303 e. The van der Waals surface area contributed by atoms with Gasteiger partial charge in [-0.2, -0.15) is 0 Å². The summed E-state index contributed by atoms with van der Waals surface area (Å²) >= 11 is 0. The van der Waals surface area contributed by atoms with Crippen LogP contribution in [-0.2, 0) is 11.2 Å². The minimum atomic E-state index is -1.01. The number of aromatic amines is 1. The summed E-state index contributed by atoms with van der Waals surface area (Å²) in [5, 5.41) is 9.18. The number of benzene rings is 2. The fraction of sp³-hybridized carbons (Fsp3) is 0.118. The molecule has 0 fully saturated rings. The fourth-order valence-electron chi connectivity index (χ4n) is 2.63. The van der Waals surface area contributed by atoms with Gasteiger partial charge in [-0.3, -0.25) is 4.79 Å². The Hall–Kier alpha value is -2.76. The van der Waals surface area contributed by atoms with Crippen LogP contribution in [0.25, 0.3) is 22.2 Å². The average Bonchev–Trinajstić information content (AvgIpc) is 2.84. The van der Waals surface area contributed by atoms with Crippen LogP contribution in [0.1, 0.15) is 12.0 Å². The van der Waals surface area contributed by atoms with Crippen molar-refractivity contribution < 1.29 is 23.1 Å². The fourth-order valence-corrected chi connectivity index (χ4v) is 2.63. The van der Waals surface area contributed by atoms with Gasteiger partial charge in [-0.25, -0.2) is 13.2 Å². The molecule has 0 aliphatic heterocycles. The van der Waals surface area contributed by atoms with Crippen molar-refractivity contribution >= 4 is 16.9 Å². The number of hydrogen-bond acceptors (Lipinski definition) is 1. The first-order valence-electron chi connectivity index (χ1n) is 6.93. The van der Waals surface area contributed by atoms with E-state index < -0.39 is 23.4 Å². The summed E-state index contributed by atoms with van der Waals surface area (Å²) in [4.78, 5) is 13.7. The summed E-state index contributed by atoms with van der Waals surface area (Å²) in [6.07, 6.45) is -0.0791. The molecule has 3 rings (SSSR count). The Morgan fingerprint density at radius 2 is 1.74 bits per heavy atom. The van der Waals surface area contributed by atoms with Gasteiger partial charge in [-0.1, -0.05) is 0 Å². The predicted octanol–water partition coefficient (Wildman–Crippen LogP) is 4.27. The molecule has 0 spiro atoms. The Morgan fingerprint density at radius 1 is 1.04 bits per heavy atom. The molecule has 0 amide bonds. The topological polar surface area (TPSA) is 53.1 Å². The number of carboxylic acid groups (broad SMARTS) is 1. The summed E-state index contributed by atoms with van der Waals surface area (Å²) < 4.78 is 40.6. The second kappa shape index (κ2) is 5.79. The average molecular weight is 319 g/mol. The van der Waals surface area contributed by atoms with Crippen molar-refractivity contribution in [1.82, 2.24) is 4.98 Å². The van der Waals surface area contributed by atoms with Gasteiger partial charge < -0.3 is 10.1 Å². The number of halogens is 3. The zero-order valence-electron chi connectivity index (χ0n) is 11.9. The van der Waals surface area contributed by atoms with E-state index in [1.54, 1.807) is 0 Å². The lowest BCUT2D eigenvalue weighted by Gasteiger charge is -2.04. The van der Waals surface area contributed by atoms with Crippen molar-refractivity contribution in [3.8, 4) is 11.3 Å². The third-order valence-corrected chi connectivity index (χ3v) is 3.65. The number of H-pyrrole nitrogens is 1. The van der Waals surface area contributed by atoms with Crippen LogP contribution in [0.5, 0.6) is 0 Å². The van der Waals surface area contributed by atoms with Crippen LogP contribution in [0, 0.1) is 17.5 Å². The molecule has 0 bridgehead atoms. The molecule has 1 aromatic heterocycles. The van der Waals surface area contributed by atoms with Gasteiger partial charge in [0, 0.05) is 23.6 Å². The van der Waals surface area contributed by atoms with Gasteiger partial charge in [0.2, 0.25) is 0 Å². The molecule has 6 heteroatoms. The van der Waals surface area contributed by atoms with E-state index in [0.717, 1.165) is 6.07 Å². The van der Waals surface area contributed by atoms with E-state index in [1.165, 1.54) is 30.3 Å². The number of nitrogens with one attached hydrogen (secondary N) is 1. The normalized spacial score (nSPS) is 11.1. The Labute approximate surface area is 129 Å². The lowest BCUT2D eigenvalue weighted by molar-refractivity contribution is -0.136. The SMILES string of the molecule is O=C(O)CCc1c(-c2ccc(F)cc2)[nH]c2c(F)cc(F)cc12.